The fraction of sp³-hybridized carbons (Fsp3) is 0.207. The van der Waals surface area contributed by atoms with Crippen LogP contribution in [0.5, 0.6) is 28.7 Å². The highest BCUT2D eigenvalue weighted by Crippen LogP contribution is 2.38. The molecule has 1 aromatic heterocycles. The molecule has 3 aromatic carbocycles. The predicted octanol–water partition coefficient (Wildman–Crippen LogP) is 6.08. The van der Waals surface area contributed by atoms with Crippen molar-refractivity contribution in [1.29, 1.82) is 5.26 Å². The highest BCUT2D eigenvalue weighted by atomic mass is 35.5. The van der Waals surface area contributed by atoms with E-state index in [0.717, 1.165) is 5.69 Å². The molecule has 200 valence electrons. The summed E-state index contributed by atoms with van der Waals surface area (Å²) in [5, 5.41) is 13.8. The van der Waals surface area contributed by atoms with Gasteiger partial charge in [-0.2, -0.15) is 5.26 Å². The fourth-order valence-electron chi connectivity index (χ4n) is 3.66. The van der Waals surface area contributed by atoms with Crippen LogP contribution in [0.2, 0.25) is 0 Å². The Balaban J connectivity index is 1.57. The molecule has 1 amide bonds. The number of nitrogens with one attached hydrogen (secondary N) is 1. The van der Waals surface area contributed by atoms with E-state index in [4.69, 9.17) is 30.5 Å². The van der Waals surface area contributed by atoms with Gasteiger partial charge in [-0.15, -0.1) is 11.6 Å². The van der Waals surface area contributed by atoms with Crippen molar-refractivity contribution in [2.45, 2.75) is 6.42 Å². The molecule has 0 bridgehead atoms. The van der Waals surface area contributed by atoms with E-state index in [2.05, 4.69) is 16.4 Å². The molecule has 0 aliphatic carbocycles. The number of carbonyl (C=O) groups excluding carboxylic acids is 1. The first-order chi connectivity index (χ1) is 19.1. The zero-order valence-electron chi connectivity index (χ0n) is 21.5. The Morgan fingerprint density at radius 2 is 1.82 bits per heavy atom. The number of amides is 1. The second kappa shape index (κ2) is 13.2. The largest absolute Gasteiger partial charge is 0.493 e. The highest BCUT2D eigenvalue weighted by molar-refractivity contribution is 6.17. The average molecular weight is 547 g/mol. The van der Waals surface area contributed by atoms with Crippen molar-refractivity contribution < 1.29 is 23.7 Å². The van der Waals surface area contributed by atoms with Gasteiger partial charge in [0.1, 0.15) is 11.8 Å². The number of para-hydroxylation sites is 2. The molecule has 4 rings (SSSR count). The number of aromatic nitrogens is 1. The van der Waals surface area contributed by atoms with Crippen LogP contribution in [0.1, 0.15) is 12.0 Å². The van der Waals surface area contributed by atoms with Crippen molar-refractivity contribution in [1.82, 2.24) is 9.88 Å². The Kier molecular flexibility index (Phi) is 9.27. The van der Waals surface area contributed by atoms with Crippen LogP contribution in [0.15, 0.2) is 66.9 Å². The summed E-state index contributed by atoms with van der Waals surface area (Å²) in [6.45, 7) is 0.549. The first-order valence-electron chi connectivity index (χ1n) is 12.1. The van der Waals surface area contributed by atoms with Gasteiger partial charge in [0.2, 0.25) is 6.41 Å². The van der Waals surface area contributed by atoms with Gasteiger partial charge >= 0.3 is 0 Å². The first-order valence-corrected chi connectivity index (χ1v) is 12.6. The summed E-state index contributed by atoms with van der Waals surface area (Å²) in [5.74, 6) is 3.19. The number of benzene rings is 3. The van der Waals surface area contributed by atoms with Gasteiger partial charge in [-0.05, 0) is 48.9 Å². The molecular weight excluding hydrogens is 520 g/mol. The molecule has 0 spiro atoms. The molecule has 1 heterocycles. The van der Waals surface area contributed by atoms with Gasteiger partial charge in [-0.25, -0.2) is 0 Å². The molecule has 4 aromatic rings. The number of anilines is 2. The minimum atomic E-state index is 0.0969. The van der Waals surface area contributed by atoms with Gasteiger partial charge in [0.05, 0.1) is 30.5 Å². The van der Waals surface area contributed by atoms with Gasteiger partial charge in [-0.1, -0.05) is 12.1 Å². The first kappa shape index (κ1) is 27.4. The summed E-state index contributed by atoms with van der Waals surface area (Å²) < 4.78 is 23.1. The lowest BCUT2D eigenvalue weighted by atomic mass is 10.1. The second-order valence-corrected chi connectivity index (χ2v) is 8.78. The Bertz CT molecular complexity index is 1470. The molecule has 0 fully saturated rings. The number of halogens is 1. The topological polar surface area (TPSA) is 106 Å². The number of methoxy groups -OCH3 is 1. The van der Waals surface area contributed by atoms with Crippen LogP contribution < -0.4 is 24.3 Å². The zero-order valence-corrected chi connectivity index (χ0v) is 22.3. The summed E-state index contributed by atoms with van der Waals surface area (Å²) in [5.41, 5.74) is 2.37. The maximum Gasteiger partial charge on any atom is 0.212 e. The Hall–Kier alpha value is -4.68. The third-order valence-electron chi connectivity index (χ3n) is 5.61. The molecule has 1 N–H and O–H groups in total. The quantitative estimate of drug-likeness (QED) is 0.0930. The molecular formula is C29H27ClN4O5. The highest BCUT2D eigenvalue weighted by Gasteiger charge is 2.15. The monoisotopic (exact) mass is 546 g/mol. The Morgan fingerprint density at radius 1 is 1.05 bits per heavy atom. The summed E-state index contributed by atoms with van der Waals surface area (Å²) >= 11 is 5.76. The third-order valence-corrected chi connectivity index (χ3v) is 5.88. The standard InChI is InChI=1S/C29H27ClN4O5/c1-34(18-35)19-38-25-6-3-4-7-26(25)39-22-10-8-21(9-11-22)33-29-20(16-31)17-32-24-15-28(37-13-5-12-30)27(36-2)14-23(24)29/h3-4,6-11,14-15,17-18H,5,12-13,19H2,1-2H3,(H,32,33). The van der Waals surface area contributed by atoms with Gasteiger partial charge in [-0.3, -0.25) is 9.78 Å². The van der Waals surface area contributed by atoms with Crippen molar-refractivity contribution in [2.75, 3.05) is 38.7 Å². The smallest absolute Gasteiger partial charge is 0.212 e. The maximum absolute atomic E-state index is 10.8. The van der Waals surface area contributed by atoms with Crippen LogP contribution in [0.3, 0.4) is 0 Å². The van der Waals surface area contributed by atoms with Crippen LogP contribution >= 0.6 is 11.6 Å². The lowest BCUT2D eigenvalue weighted by molar-refractivity contribution is -0.119. The van der Waals surface area contributed by atoms with Crippen LogP contribution in [0, 0.1) is 11.3 Å². The van der Waals surface area contributed by atoms with E-state index in [1.165, 1.54) is 11.1 Å². The Morgan fingerprint density at radius 3 is 2.51 bits per heavy atom. The molecule has 0 aliphatic rings. The van der Waals surface area contributed by atoms with Crippen molar-refractivity contribution in [3.05, 3.63) is 72.4 Å². The van der Waals surface area contributed by atoms with Gasteiger partial charge in [0, 0.05) is 36.3 Å². The summed E-state index contributed by atoms with van der Waals surface area (Å²) in [6, 6.07) is 20.3. The second-order valence-electron chi connectivity index (χ2n) is 8.40. The minimum Gasteiger partial charge on any atom is -0.493 e. The number of alkyl halides is 1. The number of hydrogen-bond donors (Lipinski definition) is 1. The van der Waals surface area contributed by atoms with Gasteiger partial charge in [0.25, 0.3) is 0 Å². The summed E-state index contributed by atoms with van der Waals surface area (Å²) in [6.07, 6.45) is 2.91. The lowest BCUT2D eigenvalue weighted by Crippen LogP contribution is -2.21. The van der Waals surface area contributed by atoms with E-state index in [1.54, 1.807) is 50.6 Å². The van der Waals surface area contributed by atoms with E-state index in [0.29, 0.717) is 76.2 Å². The normalized spacial score (nSPS) is 10.4. The van der Waals surface area contributed by atoms with Crippen LogP contribution in [-0.4, -0.2) is 49.7 Å². The molecule has 0 atom stereocenters. The number of pyridine rings is 1. The van der Waals surface area contributed by atoms with Crippen LogP contribution in [0.25, 0.3) is 10.9 Å². The molecule has 0 unspecified atom stereocenters. The lowest BCUT2D eigenvalue weighted by Gasteiger charge is -2.16. The number of nitrogens with zero attached hydrogens (tertiary/aromatic N) is 3. The van der Waals surface area contributed by atoms with E-state index in [1.807, 2.05) is 24.3 Å². The Labute approximate surface area is 231 Å². The summed E-state index contributed by atoms with van der Waals surface area (Å²) in [7, 11) is 3.19. The van der Waals surface area contributed by atoms with Crippen molar-refractivity contribution >= 4 is 40.3 Å². The minimum absolute atomic E-state index is 0.0969. The fourth-order valence-corrected chi connectivity index (χ4v) is 3.77. The van der Waals surface area contributed by atoms with Crippen LogP contribution in [-0.2, 0) is 4.79 Å². The molecule has 0 saturated heterocycles. The third kappa shape index (κ3) is 6.80. The van der Waals surface area contributed by atoms with Crippen molar-refractivity contribution in [2.24, 2.45) is 0 Å². The molecule has 0 saturated carbocycles. The number of nitriles is 1. The number of ether oxygens (including phenoxy) is 4. The molecule has 0 aliphatic heterocycles. The van der Waals surface area contributed by atoms with Crippen LogP contribution in [0.4, 0.5) is 11.4 Å². The van der Waals surface area contributed by atoms with E-state index >= 15 is 0 Å². The number of hydrogen-bond acceptors (Lipinski definition) is 8. The molecule has 9 nitrogen and oxygen atoms in total. The number of rotatable bonds is 13. The van der Waals surface area contributed by atoms with E-state index in [9.17, 15) is 10.1 Å². The molecule has 0 radical (unpaired) electrons. The number of fused-ring (bicyclic) bond motifs is 1. The maximum atomic E-state index is 10.8. The summed E-state index contributed by atoms with van der Waals surface area (Å²) in [4.78, 5) is 16.7. The van der Waals surface area contributed by atoms with E-state index in [-0.39, 0.29) is 6.73 Å². The van der Waals surface area contributed by atoms with Crippen molar-refractivity contribution in [3.8, 4) is 34.8 Å². The van der Waals surface area contributed by atoms with Gasteiger partial charge < -0.3 is 29.2 Å². The van der Waals surface area contributed by atoms with E-state index < -0.39 is 0 Å². The zero-order chi connectivity index (χ0) is 27.6. The molecule has 39 heavy (non-hydrogen) atoms. The predicted molar refractivity (Wildman–Crippen MR) is 149 cm³/mol. The molecule has 10 heteroatoms. The average Bonchev–Trinajstić information content (AvgIpc) is 2.97. The van der Waals surface area contributed by atoms with Crippen molar-refractivity contribution in [3.63, 3.8) is 0 Å². The SMILES string of the molecule is COc1cc2c(Nc3ccc(Oc4ccccc4OCN(C)C=O)cc3)c(C#N)cnc2cc1OCCCCl. The van der Waals surface area contributed by atoms with Gasteiger partial charge in [0.15, 0.2) is 29.7 Å². The number of carbonyl (C=O) groups is 1.